The highest BCUT2D eigenvalue weighted by molar-refractivity contribution is 5.99. The number of methoxy groups -OCH3 is 1. The molecule has 118 valence electrons. The van der Waals surface area contributed by atoms with Gasteiger partial charge in [-0.2, -0.15) is 5.10 Å². The molecule has 0 bridgehead atoms. The van der Waals surface area contributed by atoms with Crippen LogP contribution in [0.5, 0.6) is 5.75 Å². The highest BCUT2D eigenvalue weighted by Gasteiger charge is 2.14. The Bertz CT molecular complexity index is 592. The van der Waals surface area contributed by atoms with Crippen molar-refractivity contribution in [3.63, 3.8) is 0 Å². The summed E-state index contributed by atoms with van der Waals surface area (Å²) < 4.78 is 5.14. The number of nitrogens with zero attached hydrogens (tertiary/aromatic N) is 1. The molecule has 6 heteroatoms. The molecule has 6 nitrogen and oxygen atoms in total. The summed E-state index contributed by atoms with van der Waals surface area (Å²) in [6.45, 7) is 4.41. The van der Waals surface area contributed by atoms with Crippen molar-refractivity contribution < 1.29 is 9.53 Å². The van der Waals surface area contributed by atoms with Gasteiger partial charge in [0, 0.05) is 18.7 Å². The third-order valence-electron chi connectivity index (χ3n) is 3.28. The number of hydrogen-bond donors (Lipinski definition) is 3. The van der Waals surface area contributed by atoms with Gasteiger partial charge in [0.05, 0.1) is 24.6 Å². The lowest BCUT2D eigenvalue weighted by molar-refractivity contribution is 0.0954. The van der Waals surface area contributed by atoms with Crippen LogP contribution >= 0.6 is 0 Å². The Labute approximate surface area is 130 Å². The summed E-state index contributed by atoms with van der Waals surface area (Å²) in [6, 6.07) is 7.50. The minimum Gasteiger partial charge on any atom is -0.497 e. The summed E-state index contributed by atoms with van der Waals surface area (Å²) in [5.74, 6) is 0.647. The Morgan fingerprint density at radius 1 is 1.23 bits per heavy atom. The van der Waals surface area contributed by atoms with Crippen molar-refractivity contribution in [3.8, 4) is 17.0 Å². The molecule has 0 aliphatic carbocycles. The number of H-pyrrole nitrogens is 1. The summed E-state index contributed by atoms with van der Waals surface area (Å²) in [5.41, 5.74) is 2.15. The molecule has 1 aromatic carbocycles. The SMILES string of the molecule is CCCNCCNC(=O)c1cn[nH]c1-c1ccc(OC)cc1. The first-order chi connectivity index (χ1) is 10.8. The number of carbonyl (C=O) groups excluding carboxylic acids is 1. The summed E-state index contributed by atoms with van der Waals surface area (Å²) in [5, 5.41) is 13.0. The van der Waals surface area contributed by atoms with Gasteiger partial charge in [-0.15, -0.1) is 0 Å². The van der Waals surface area contributed by atoms with E-state index in [4.69, 9.17) is 4.74 Å². The molecule has 0 fully saturated rings. The first-order valence-corrected chi connectivity index (χ1v) is 7.43. The van der Waals surface area contributed by atoms with Crippen molar-refractivity contribution in [1.29, 1.82) is 0 Å². The lowest BCUT2D eigenvalue weighted by Gasteiger charge is -2.07. The van der Waals surface area contributed by atoms with Gasteiger partial charge in [-0.05, 0) is 37.2 Å². The van der Waals surface area contributed by atoms with Crippen LogP contribution in [0.4, 0.5) is 0 Å². The fraction of sp³-hybridized carbons (Fsp3) is 0.375. The molecule has 0 atom stereocenters. The van der Waals surface area contributed by atoms with Crippen molar-refractivity contribution in [2.24, 2.45) is 0 Å². The van der Waals surface area contributed by atoms with Crippen LogP contribution in [0, 0.1) is 0 Å². The largest absolute Gasteiger partial charge is 0.497 e. The Morgan fingerprint density at radius 3 is 2.68 bits per heavy atom. The summed E-state index contributed by atoms with van der Waals surface area (Å²) in [6.07, 6.45) is 2.63. The molecule has 0 saturated carbocycles. The van der Waals surface area contributed by atoms with Crippen LogP contribution < -0.4 is 15.4 Å². The van der Waals surface area contributed by atoms with E-state index in [0.29, 0.717) is 17.8 Å². The predicted octanol–water partition coefficient (Wildman–Crippen LogP) is 1.81. The van der Waals surface area contributed by atoms with Crippen molar-refractivity contribution in [1.82, 2.24) is 20.8 Å². The molecule has 0 spiro atoms. The molecule has 2 rings (SSSR count). The lowest BCUT2D eigenvalue weighted by Crippen LogP contribution is -2.32. The van der Waals surface area contributed by atoms with Gasteiger partial charge in [0.25, 0.3) is 5.91 Å². The van der Waals surface area contributed by atoms with Gasteiger partial charge in [-0.25, -0.2) is 0 Å². The third kappa shape index (κ3) is 4.08. The van der Waals surface area contributed by atoms with Gasteiger partial charge in [-0.1, -0.05) is 6.92 Å². The van der Waals surface area contributed by atoms with Crippen LogP contribution in [-0.2, 0) is 0 Å². The number of carbonyl (C=O) groups is 1. The Morgan fingerprint density at radius 2 is 2.00 bits per heavy atom. The van der Waals surface area contributed by atoms with Crippen molar-refractivity contribution in [3.05, 3.63) is 36.0 Å². The van der Waals surface area contributed by atoms with Crippen LogP contribution in [0.2, 0.25) is 0 Å². The monoisotopic (exact) mass is 302 g/mol. The number of aromatic amines is 1. The molecule has 0 saturated heterocycles. The van der Waals surface area contributed by atoms with E-state index in [1.54, 1.807) is 13.3 Å². The van der Waals surface area contributed by atoms with E-state index in [0.717, 1.165) is 30.8 Å². The minimum atomic E-state index is -0.127. The number of rotatable bonds is 8. The first-order valence-electron chi connectivity index (χ1n) is 7.43. The van der Waals surface area contributed by atoms with E-state index >= 15 is 0 Å². The minimum absolute atomic E-state index is 0.127. The summed E-state index contributed by atoms with van der Waals surface area (Å²) >= 11 is 0. The van der Waals surface area contributed by atoms with Crippen LogP contribution in [0.3, 0.4) is 0 Å². The second-order valence-corrected chi connectivity index (χ2v) is 4.89. The fourth-order valence-corrected chi connectivity index (χ4v) is 2.10. The highest BCUT2D eigenvalue weighted by atomic mass is 16.5. The van der Waals surface area contributed by atoms with Crippen molar-refractivity contribution in [2.75, 3.05) is 26.7 Å². The van der Waals surface area contributed by atoms with Crippen LogP contribution in [0.1, 0.15) is 23.7 Å². The predicted molar refractivity (Wildman–Crippen MR) is 86.1 cm³/mol. The van der Waals surface area contributed by atoms with E-state index in [-0.39, 0.29) is 5.91 Å². The van der Waals surface area contributed by atoms with Crippen LogP contribution in [0.15, 0.2) is 30.5 Å². The quantitative estimate of drug-likeness (QED) is 0.650. The maximum absolute atomic E-state index is 12.2. The van der Waals surface area contributed by atoms with Gasteiger partial charge >= 0.3 is 0 Å². The zero-order valence-corrected chi connectivity index (χ0v) is 13.0. The average Bonchev–Trinajstić information content (AvgIpc) is 3.04. The highest BCUT2D eigenvalue weighted by Crippen LogP contribution is 2.23. The molecule has 0 radical (unpaired) electrons. The molecule has 0 aliphatic heterocycles. The zero-order valence-electron chi connectivity index (χ0n) is 13.0. The van der Waals surface area contributed by atoms with E-state index in [9.17, 15) is 4.79 Å². The standard InChI is InChI=1S/C16H22N4O2/c1-3-8-17-9-10-18-16(21)14-11-19-20-15(14)12-4-6-13(22-2)7-5-12/h4-7,11,17H,3,8-10H2,1-2H3,(H,18,21)(H,19,20). The van der Waals surface area contributed by atoms with E-state index < -0.39 is 0 Å². The van der Waals surface area contributed by atoms with Gasteiger partial charge in [0.2, 0.25) is 0 Å². The smallest absolute Gasteiger partial charge is 0.255 e. The molecule has 1 aromatic heterocycles. The van der Waals surface area contributed by atoms with E-state index in [1.807, 2.05) is 24.3 Å². The zero-order chi connectivity index (χ0) is 15.8. The molecule has 22 heavy (non-hydrogen) atoms. The van der Waals surface area contributed by atoms with Gasteiger partial charge in [0.1, 0.15) is 5.75 Å². The lowest BCUT2D eigenvalue weighted by atomic mass is 10.1. The number of nitrogens with one attached hydrogen (secondary N) is 3. The summed E-state index contributed by atoms with van der Waals surface area (Å²) in [7, 11) is 1.62. The second-order valence-electron chi connectivity index (χ2n) is 4.89. The van der Waals surface area contributed by atoms with Crippen molar-refractivity contribution in [2.45, 2.75) is 13.3 Å². The third-order valence-corrected chi connectivity index (χ3v) is 3.28. The Kier molecular flexibility index (Phi) is 5.97. The molecule has 0 unspecified atom stereocenters. The molecule has 0 aliphatic rings. The number of amides is 1. The van der Waals surface area contributed by atoms with E-state index in [1.165, 1.54) is 0 Å². The molecular formula is C16H22N4O2. The Balaban J connectivity index is 2.00. The first kappa shape index (κ1) is 16.0. The van der Waals surface area contributed by atoms with Crippen LogP contribution in [0.25, 0.3) is 11.3 Å². The average molecular weight is 302 g/mol. The molecule has 1 amide bonds. The van der Waals surface area contributed by atoms with Gasteiger partial charge in [0.15, 0.2) is 0 Å². The van der Waals surface area contributed by atoms with Crippen LogP contribution in [-0.4, -0.2) is 42.8 Å². The maximum atomic E-state index is 12.2. The molecule has 2 aromatic rings. The van der Waals surface area contributed by atoms with Gasteiger partial charge < -0.3 is 15.4 Å². The number of aromatic nitrogens is 2. The fourth-order valence-electron chi connectivity index (χ4n) is 2.10. The Hall–Kier alpha value is -2.34. The number of hydrogen-bond acceptors (Lipinski definition) is 4. The molecular weight excluding hydrogens is 280 g/mol. The summed E-state index contributed by atoms with van der Waals surface area (Å²) in [4.78, 5) is 12.2. The molecule has 1 heterocycles. The number of ether oxygens (including phenoxy) is 1. The number of benzene rings is 1. The normalized spacial score (nSPS) is 10.5. The second kappa shape index (κ2) is 8.19. The van der Waals surface area contributed by atoms with Crippen molar-refractivity contribution >= 4 is 5.91 Å². The van der Waals surface area contributed by atoms with Gasteiger partial charge in [-0.3, -0.25) is 9.89 Å². The van der Waals surface area contributed by atoms with E-state index in [2.05, 4.69) is 27.8 Å². The molecule has 3 N–H and O–H groups in total. The topological polar surface area (TPSA) is 79.0 Å². The maximum Gasteiger partial charge on any atom is 0.255 e.